The van der Waals surface area contributed by atoms with Crippen LogP contribution in [0, 0.1) is 19.8 Å². The molecule has 0 spiro atoms. The van der Waals surface area contributed by atoms with Crippen molar-refractivity contribution in [2.75, 3.05) is 19.7 Å². The normalized spacial score (nSPS) is 14.8. The summed E-state index contributed by atoms with van der Waals surface area (Å²) in [6, 6.07) is 7.32. The summed E-state index contributed by atoms with van der Waals surface area (Å²) in [5, 5.41) is 4.45. The molecule has 29 heavy (non-hydrogen) atoms. The molecule has 3 aromatic rings. The number of piperidine rings is 1. The molecule has 4 heterocycles. The minimum atomic E-state index is 0.0668. The minimum absolute atomic E-state index is 0.0668. The molecule has 0 saturated carbocycles. The number of rotatable bonds is 5. The van der Waals surface area contributed by atoms with Crippen LogP contribution in [0.2, 0.25) is 0 Å². The zero-order valence-corrected chi connectivity index (χ0v) is 16.7. The Morgan fingerprint density at radius 3 is 2.59 bits per heavy atom. The minimum Gasteiger partial charge on any atom is -0.477 e. The molecule has 8 heteroatoms. The summed E-state index contributed by atoms with van der Waals surface area (Å²) in [4.78, 5) is 26.9. The van der Waals surface area contributed by atoms with Gasteiger partial charge in [-0.2, -0.15) is 5.10 Å². The zero-order chi connectivity index (χ0) is 20.2. The van der Waals surface area contributed by atoms with Crippen LogP contribution < -0.4 is 4.74 Å². The molecule has 0 N–H and O–H groups in total. The molecule has 1 fully saturated rings. The zero-order valence-electron chi connectivity index (χ0n) is 16.7. The van der Waals surface area contributed by atoms with Crippen molar-refractivity contribution in [2.45, 2.75) is 26.7 Å². The lowest BCUT2D eigenvalue weighted by Crippen LogP contribution is -2.39. The number of likely N-dealkylation sites (tertiary alicyclic amines) is 1. The number of hydrogen-bond acceptors (Lipinski definition) is 6. The highest BCUT2D eigenvalue weighted by molar-refractivity contribution is 5.94. The van der Waals surface area contributed by atoms with Crippen molar-refractivity contribution in [1.29, 1.82) is 0 Å². The van der Waals surface area contributed by atoms with Crippen molar-refractivity contribution >= 4 is 5.91 Å². The van der Waals surface area contributed by atoms with E-state index in [1.807, 2.05) is 30.9 Å². The first-order valence-corrected chi connectivity index (χ1v) is 9.78. The Labute approximate surface area is 169 Å². The number of pyridine rings is 1. The topological polar surface area (TPSA) is 86.0 Å². The largest absolute Gasteiger partial charge is 0.477 e. The second kappa shape index (κ2) is 8.38. The van der Waals surface area contributed by atoms with Crippen LogP contribution in [-0.2, 0) is 0 Å². The number of ether oxygens (including phenoxy) is 1. The van der Waals surface area contributed by atoms with E-state index < -0.39 is 0 Å². The molecule has 3 aromatic heterocycles. The molecule has 1 aliphatic rings. The van der Waals surface area contributed by atoms with Crippen LogP contribution in [0.1, 0.15) is 34.6 Å². The monoisotopic (exact) mass is 392 g/mol. The van der Waals surface area contributed by atoms with Crippen molar-refractivity contribution in [3.63, 3.8) is 0 Å². The Balaban J connectivity index is 1.31. The number of carbonyl (C=O) groups excluding carboxylic acids is 1. The first-order valence-electron chi connectivity index (χ1n) is 9.78. The Bertz CT molecular complexity index is 980. The first-order chi connectivity index (χ1) is 14.1. The number of carbonyl (C=O) groups is 1. The van der Waals surface area contributed by atoms with Gasteiger partial charge in [-0.1, -0.05) is 0 Å². The fourth-order valence-corrected chi connectivity index (χ4v) is 3.57. The van der Waals surface area contributed by atoms with Crippen LogP contribution in [0.5, 0.6) is 5.88 Å². The summed E-state index contributed by atoms with van der Waals surface area (Å²) in [6.07, 6.45) is 6.61. The summed E-state index contributed by atoms with van der Waals surface area (Å²) >= 11 is 0. The summed E-state index contributed by atoms with van der Waals surface area (Å²) in [5.41, 5.74) is 2.64. The van der Waals surface area contributed by atoms with Gasteiger partial charge >= 0.3 is 0 Å². The van der Waals surface area contributed by atoms with E-state index in [0.717, 1.165) is 37.3 Å². The number of aryl methyl sites for hydroxylation is 2. The van der Waals surface area contributed by atoms with E-state index in [-0.39, 0.29) is 5.91 Å². The molecular formula is C21H24N6O2. The van der Waals surface area contributed by atoms with E-state index in [9.17, 15) is 4.79 Å². The average Bonchev–Trinajstić information content (AvgIpc) is 3.11. The van der Waals surface area contributed by atoms with Gasteiger partial charge in [-0.15, -0.1) is 0 Å². The lowest BCUT2D eigenvalue weighted by Gasteiger charge is -2.31. The highest BCUT2D eigenvalue weighted by Gasteiger charge is 2.24. The summed E-state index contributed by atoms with van der Waals surface area (Å²) in [7, 11) is 0. The second-order valence-corrected chi connectivity index (χ2v) is 7.34. The predicted molar refractivity (Wildman–Crippen MR) is 107 cm³/mol. The second-order valence-electron chi connectivity index (χ2n) is 7.34. The highest BCUT2D eigenvalue weighted by Crippen LogP contribution is 2.21. The molecule has 1 aliphatic heterocycles. The molecule has 0 aliphatic carbocycles. The number of amides is 1. The van der Waals surface area contributed by atoms with Crippen molar-refractivity contribution in [1.82, 2.24) is 29.6 Å². The smallest absolute Gasteiger partial charge is 0.253 e. The molecule has 0 bridgehead atoms. The number of aromatic nitrogens is 5. The van der Waals surface area contributed by atoms with E-state index in [0.29, 0.717) is 29.8 Å². The molecule has 0 atom stereocenters. The van der Waals surface area contributed by atoms with Gasteiger partial charge in [-0.25, -0.2) is 14.6 Å². The maximum absolute atomic E-state index is 12.5. The fourth-order valence-electron chi connectivity index (χ4n) is 3.57. The van der Waals surface area contributed by atoms with Gasteiger partial charge in [0.05, 0.1) is 12.3 Å². The third kappa shape index (κ3) is 4.42. The average molecular weight is 392 g/mol. The van der Waals surface area contributed by atoms with Crippen molar-refractivity contribution in [2.24, 2.45) is 5.92 Å². The first kappa shape index (κ1) is 19.0. The number of hydrogen-bond donors (Lipinski definition) is 0. The molecule has 1 amide bonds. The Morgan fingerprint density at radius 1 is 1.14 bits per heavy atom. The molecule has 0 unspecified atom stereocenters. The summed E-state index contributed by atoms with van der Waals surface area (Å²) in [6.45, 7) is 5.98. The van der Waals surface area contributed by atoms with Crippen molar-refractivity contribution < 1.29 is 9.53 Å². The van der Waals surface area contributed by atoms with Gasteiger partial charge < -0.3 is 9.64 Å². The SMILES string of the molecule is Cc1cc(C)n(-c2cc(OCC3CCN(C(=O)c4ccncc4)CC3)ncn2)n1. The van der Waals surface area contributed by atoms with Gasteiger partial charge in [-0.05, 0) is 50.8 Å². The third-order valence-electron chi connectivity index (χ3n) is 5.15. The van der Waals surface area contributed by atoms with Gasteiger partial charge in [0.25, 0.3) is 5.91 Å². The van der Waals surface area contributed by atoms with Gasteiger partial charge in [-0.3, -0.25) is 9.78 Å². The molecule has 150 valence electrons. The highest BCUT2D eigenvalue weighted by atomic mass is 16.5. The molecule has 1 saturated heterocycles. The van der Waals surface area contributed by atoms with E-state index >= 15 is 0 Å². The van der Waals surface area contributed by atoms with Gasteiger partial charge in [0, 0.05) is 42.8 Å². The Kier molecular flexibility index (Phi) is 5.50. The van der Waals surface area contributed by atoms with Crippen molar-refractivity contribution in [3.05, 3.63) is 59.9 Å². The Hall–Kier alpha value is -3.29. The van der Waals surface area contributed by atoms with Crippen LogP contribution >= 0.6 is 0 Å². The lowest BCUT2D eigenvalue weighted by molar-refractivity contribution is 0.0659. The summed E-state index contributed by atoms with van der Waals surface area (Å²) in [5.74, 6) is 1.69. The lowest BCUT2D eigenvalue weighted by atomic mass is 9.97. The van der Waals surface area contributed by atoms with Gasteiger partial charge in [0.15, 0.2) is 5.82 Å². The van der Waals surface area contributed by atoms with Gasteiger partial charge in [0.1, 0.15) is 6.33 Å². The standard InChI is InChI=1S/C21H24N6O2/c1-15-11-16(2)27(25-15)19-12-20(24-14-23-19)29-13-17-5-9-26(10-6-17)21(28)18-3-7-22-8-4-18/h3-4,7-8,11-12,14,17H,5-6,9-10,13H2,1-2H3. The maximum Gasteiger partial charge on any atom is 0.253 e. The molecule has 8 nitrogen and oxygen atoms in total. The van der Waals surface area contributed by atoms with E-state index in [1.165, 1.54) is 6.33 Å². The van der Waals surface area contributed by atoms with E-state index in [1.54, 1.807) is 29.2 Å². The van der Waals surface area contributed by atoms with Crippen LogP contribution in [0.25, 0.3) is 5.82 Å². The molecule has 0 aromatic carbocycles. The van der Waals surface area contributed by atoms with Crippen LogP contribution in [0.3, 0.4) is 0 Å². The third-order valence-corrected chi connectivity index (χ3v) is 5.15. The van der Waals surface area contributed by atoms with Crippen LogP contribution in [-0.4, -0.2) is 55.2 Å². The predicted octanol–water partition coefficient (Wildman–Crippen LogP) is 2.61. The Morgan fingerprint density at radius 2 is 1.90 bits per heavy atom. The fraction of sp³-hybridized carbons (Fsp3) is 0.381. The van der Waals surface area contributed by atoms with Crippen molar-refractivity contribution in [3.8, 4) is 11.7 Å². The van der Waals surface area contributed by atoms with E-state index in [2.05, 4.69) is 20.1 Å². The molecular weight excluding hydrogens is 368 g/mol. The van der Waals surface area contributed by atoms with Crippen LogP contribution in [0.4, 0.5) is 0 Å². The molecule has 0 radical (unpaired) electrons. The maximum atomic E-state index is 12.5. The summed E-state index contributed by atoms with van der Waals surface area (Å²) < 4.78 is 7.72. The molecule has 4 rings (SSSR count). The van der Waals surface area contributed by atoms with E-state index in [4.69, 9.17) is 4.74 Å². The number of nitrogens with zero attached hydrogens (tertiary/aromatic N) is 6. The quantitative estimate of drug-likeness (QED) is 0.663. The van der Waals surface area contributed by atoms with Crippen LogP contribution in [0.15, 0.2) is 43.0 Å². The van der Waals surface area contributed by atoms with Gasteiger partial charge in [0.2, 0.25) is 5.88 Å².